The van der Waals surface area contributed by atoms with Crippen molar-refractivity contribution >= 4 is 0 Å². The van der Waals surface area contributed by atoms with E-state index in [4.69, 9.17) is 10.5 Å². The van der Waals surface area contributed by atoms with Gasteiger partial charge in [0, 0.05) is 19.1 Å². The number of ether oxygens (including phenoxy) is 1. The van der Waals surface area contributed by atoms with Gasteiger partial charge in [-0.1, -0.05) is 30.3 Å². The normalized spacial score (nSPS) is 19.4. The number of nitrogens with zero attached hydrogens (tertiary/aromatic N) is 1. The average molecular weight is 282 g/mol. The highest BCUT2D eigenvalue weighted by molar-refractivity contribution is 5.32. The lowest BCUT2D eigenvalue weighted by molar-refractivity contribution is 0.201. The molecule has 3 nitrogen and oxygen atoms in total. The van der Waals surface area contributed by atoms with E-state index in [1.807, 2.05) is 42.5 Å². The maximum absolute atomic E-state index is 6.03. The molecule has 2 aromatic rings. The molecule has 2 N–H and O–H groups in total. The number of benzene rings is 2. The molecule has 1 aliphatic heterocycles. The van der Waals surface area contributed by atoms with Crippen molar-refractivity contribution in [2.45, 2.75) is 25.4 Å². The zero-order chi connectivity index (χ0) is 14.5. The third kappa shape index (κ3) is 4.06. The highest BCUT2D eigenvalue weighted by Gasteiger charge is 2.16. The summed E-state index contributed by atoms with van der Waals surface area (Å²) in [6.07, 6.45) is 2.36. The molecule has 1 heterocycles. The van der Waals surface area contributed by atoms with E-state index in [-0.39, 0.29) is 0 Å². The van der Waals surface area contributed by atoms with Crippen LogP contribution in [0.2, 0.25) is 0 Å². The van der Waals surface area contributed by atoms with Crippen molar-refractivity contribution in [2.75, 3.05) is 13.1 Å². The molecular weight excluding hydrogens is 260 g/mol. The number of rotatable bonds is 4. The quantitative estimate of drug-likeness (QED) is 0.934. The molecule has 0 aromatic heterocycles. The van der Waals surface area contributed by atoms with E-state index >= 15 is 0 Å². The van der Waals surface area contributed by atoms with Gasteiger partial charge in [0.2, 0.25) is 0 Å². The number of piperidine rings is 1. The summed E-state index contributed by atoms with van der Waals surface area (Å²) in [7, 11) is 0. The van der Waals surface area contributed by atoms with Crippen LogP contribution in [0.1, 0.15) is 18.4 Å². The first kappa shape index (κ1) is 14.1. The summed E-state index contributed by atoms with van der Waals surface area (Å²) in [4.78, 5) is 2.43. The fourth-order valence-electron chi connectivity index (χ4n) is 2.78. The molecule has 1 atom stereocenters. The van der Waals surface area contributed by atoms with Crippen molar-refractivity contribution < 1.29 is 4.74 Å². The number of hydrogen-bond donors (Lipinski definition) is 1. The van der Waals surface area contributed by atoms with Gasteiger partial charge in [0.15, 0.2) is 0 Å². The van der Waals surface area contributed by atoms with Crippen LogP contribution < -0.4 is 10.5 Å². The summed E-state index contributed by atoms with van der Waals surface area (Å²) in [6.45, 7) is 3.12. The van der Waals surface area contributed by atoms with Crippen molar-refractivity contribution in [3.05, 3.63) is 60.2 Å². The number of likely N-dealkylation sites (tertiary alicyclic amines) is 1. The molecule has 0 bridgehead atoms. The molecule has 1 aliphatic rings. The summed E-state index contributed by atoms with van der Waals surface area (Å²) < 4.78 is 5.81. The lowest BCUT2D eigenvalue weighted by Crippen LogP contribution is -2.42. The minimum Gasteiger partial charge on any atom is -0.457 e. The topological polar surface area (TPSA) is 38.5 Å². The monoisotopic (exact) mass is 282 g/mol. The van der Waals surface area contributed by atoms with Gasteiger partial charge < -0.3 is 10.5 Å². The second-order valence-corrected chi connectivity index (χ2v) is 5.70. The predicted molar refractivity (Wildman–Crippen MR) is 85.4 cm³/mol. The zero-order valence-electron chi connectivity index (χ0n) is 12.2. The molecule has 0 radical (unpaired) electrons. The largest absolute Gasteiger partial charge is 0.457 e. The highest BCUT2D eigenvalue weighted by atomic mass is 16.5. The van der Waals surface area contributed by atoms with Crippen molar-refractivity contribution in [2.24, 2.45) is 5.73 Å². The van der Waals surface area contributed by atoms with Gasteiger partial charge in [-0.3, -0.25) is 4.90 Å². The van der Waals surface area contributed by atoms with E-state index in [1.165, 1.54) is 12.0 Å². The lowest BCUT2D eigenvalue weighted by atomic mass is 10.1. The van der Waals surface area contributed by atoms with Gasteiger partial charge >= 0.3 is 0 Å². The molecule has 3 rings (SSSR count). The van der Waals surface area contributed by atoms with E-state index < -0.39 is 0 Å². The van der Waals surface area contributed by atoms with Crippen LogP contribution in [0.3, 0.4) is 0 Å². The van der Waals surface area contributed by atoms with Gasteiger partial charge in [-0.2, -0.15) is 0 Å². The maximum atomic E-state index is 6.03. The minimum atomic E-state index is 0.333. The summed E-state index contributed by atoms with van der Waals surface area (Å²) in [5.74, 6) is 1.74. The SMILES string of the molecule is NC1CCCN(Cc2ccc(Oc3ccccc3)cc2)C1. The third-order valence-electron chi connectivity index (χ3n) is 3.85. The van der Waals surface area contributed by atoms with E-state index in [0.717, 1.165) is 37.6 Å². The molecule has 21 heavy (non-hydrogen) atoms. The first-order chi connectivity index (χ1) is 10.3. The van der Waals surface area contributed by atoms with Crippen LogP contribution >= 0.6 is 0 Å². The van der Waals surface area contributed by atoms with Crippen molar-refractivity contribution in [3.8, 4) is 11.5 Å². The Kier molecular flexibility index (Phi) is 4.53. The van der Waals surface area contributed by atoms with E-state index in [2.05, 4.69) is 17.0 Å². The number of hydrogen-bond acceptors (Lipinski definition) is 3. The third-order valence-corrected chi connectivity index (χ3v) is 3.85. The summed E-state index contributed by atoms with van der Waals surface area (Å²) in [5, 5.41) is 0. The standard InChI is InChI=1S/C18H22N2O/c19-16-5-4-12-20(14-16)13-15-8-10-18(11-9-15)21-17-6-2-1-3-7-17/h1-3,6-11,16H,4-5,12-14,19H2. The molecule has 1 fully saturated rings. The fourth-order valence-corrected chi connectivity index (χ4v) is 2.78. The fraction of sp³-hybridized carbons (Fsp3) is 0.333. The van der Waals surface area contributed by atoms with E-state index in [0.29, 0.717) is 6.04 Å². The Morgan fingerprint density at radius 2 is 1.71 bits per heavy atom. The Bertz CT molecular complexity index is 553. The molecule has 0 amide bonds. The Labute approximate surface area is 126 Å². The summed E-state index contributed by atoms with van der Waals surface area (Å²) in [6, 6.07) is 18.5. The van der Waals surface area contributed by atoms with Crippen LogP contribution in [-0.2, 0) is 6.54 Å². The molecule has 0 aliphatic carbocycles. The van der Waals surface area contributed by atoms with Crippen LogP contribution in [0.4, 0.5) is 0 Å². The zero-order valence-corrected chi connectivity index (χ0v) is 12.2. The Hall–Kier alpha value is -1.84. The number of para-hydroxylation sites is 1. The van der Waals surface area contributed by atoms with Crippen LogP contribution in [0.25, 0.3) is 0 Å². The van der Waals surface area contributed by atoms with Gasteiger partial charge in [-0.25, -0.2) is 0 Å². The molecule has 110 valence electrons. The molecule has 0 spiro atoms. The second kappa shape index (κ2) is 6.74. The van der Waals surface area contributed by atoms with Gasteiger partial charge in [0.1, 0.15) is 11.5 Å². The van der Waals surface area contributed by atoms with Crippen LogP contribution in [-0.4, -0.2) is 24.0 Å². The first-order valence-corrected chi connectivity index (χ1v) is 7.59. The van der Waals surface area contributed by atoms with Crippen molar-refractivity contribution in [1.29, 1.82) is 0 Å². The summed E-state index contributed by atoms with van der Waals surface area (Å²) in [5.41, 5.74) is 7.34. The van der Waals surface area contributed by atoms with E-state index in [9.17, 15) is 0 Å². The Morgan fingerprint density at radius 3 is 2.43 bits per heavy atom. The van der Waals surface area contributed by atoms with Crippen molar-refractivity contribution in [1.82, 2.24) is 4.90 Å². The van der Waals surface area contributed by atoms with Gasteiger partial charge in [-0.15, -0.1) is 0 Å². The minimum absolute atomic E-state index is 0.333. The van der Waals surface area contributed by atoms with Gasteiger partial charge in [-0.05, 0) is 49.2 Å². The van der Waals surface area contributed by atoms with Crippen LogP contribution in [0.15, 0.2) is 54.6 Å². The molecule has 2 aromatic carbocycles. The van der Waals surface area contributed by atoms with Gasteiger partial charge in [0.25, 0.3) is 0 Å². The molecule has 0 saturated carbocycles. The molecule has 1 unspecified atom stereocenters. The smallest absolute Gasteiger partial charge is 0.127 e. The highest BCUT2D eigenvalue weighted by Crippen LogP contribution is 2.22. The second-order valence-electron chi connectivity index (χ2n) is 5.70. The first-order valence-electron chi connectivity index (χ1n) is 7.59. The Balaban J connectivity index is 1.59. The molecular formula is C18H22N2O. The lowest BCUT2D eigenvalue weighted by Gasteiger charge is -2.30. The average Bonchev–Trinajstić information content (AvgIpc) is 2.50. The van der Waals surface area contributed by atoms with Crippen LogP contribution in [0.5, 0.6) is 11.5 Å². The summed E-state index contributed by atoms with van der Waals surface area (Å²) >= 11 is 0. The predicted octanol–water partition coefficient (Wildman–Crippen LogP) is 3.40. The van der Waals surface area contributed by atoms with E-state index in [1.54, 1.807) is 0 Å². The van der Waals surface area contributed by atoms with Crippen LogP contribution in [0, 0.1) is 0 Å². The maximum Gasteiger partial charge on any atom is 0.127 e. The molecule has 1 saturated heterocycles. The molecule has 3 heteroatoms. The van der Waals surface area contributed by atoms with Crippen molar-refractivity contribution in [3.63, 3.8) is 0 Å². The number of nitrogens with two attached hydrogens (primary N) is 1. The Morgan fingerprint density at radius 1 is 1.00 bits per heavy atom. The van der Waals surface area contributed by atoms with Gasteiger partial charge in [0.05, 0.1) is 0 Å².